The van der Waals surface area contributed by atoms with Crippen LogP contribution in [0.5, 0.6) is 11.5 Å². The molecule has 15 heteroatoms. The lowest BCUT2D eigenvalue weighted by atomic mass is 9.99. The fraction of sp³-hybridized carbons (Fsp3) is 0.500. The summed E-state index contributed by atoms with van der Waals surface area (Å²) in [5.74, 6) is 0.914. The van der Waals surface area contributed by atoms with E-state index in [0.717, 1.165) is 50.5 Å². The third-order valence-corrected chi connectivity index (χ3v) is 9.82. The number of alkyl carbamates (subject to hydrolysis) is 1. The van der Waals surface area contributed by atoms with Crippen LogP contribution in [-0.4, -0.2) is 77.7 Å². The van der Waals surface area contributed by atoms with Gasteiger partial charge in [-0.25, -0.2) is 34.3 Å². The number of anilines is 1. The average Bonchev–Trinajstić information content (AvgIpc) is 3.69. The minimum atomic E-state index is -0.643. The molecule has 1 unspecified atom stereocenters. The molecule has 2 aromatic heterocycles. The lowest BCUT2D eigenvalue weighted by Gasteiger charge is -2.34. The van der Waals surface area contributed by atoms with Gasteiger partial charge in [0, 0.05) is 56.5 Å². The van der Waals surface area contributed by atoms with Gasteiger partial charge in [-0.1, -0.05) is 31.0 Å². The van der Waals surface area contributed by atoms with E-state index in [-0.39, 0.29) is 23.9 Å². The van der Waals surface area contributed by atoms with E-state index in [9.17, 15) is 9.59 Å². The third-order valence-electron chi connectivity index (χ3n) is 9.82. The molecular formula is C42H52FN7O7. The molecule has 2 aliphatic heterocycles. The fourth-order valence-electron chi connectivity index (χ4n) is 6.96. The van der Waals surface area contributed by atoms with Crippen LogP contribution in [0.2, 0.25) is 0 Å². The highest BCUT2D eigenvalue weighted by atomic mass is 19.1. The lowest BCUT2D eigenvalue weighted by molar-refractivity contribution is -0.200. The molecule has 2 N–H and O–H groups in total. The van der Waals surface area contributed by atoms with Crippen LogP contribution in [0.15, 0.2) is 48.8 Å². The maximum absolute atomic E-state index is 15.2. The Morgan fingerprint density at radius 3 is 2.53 bits per heavy atom. The summed E-state index contributed by atoms with van der Waals surface area (Å²) >= 11 is 0. The molecule has 0 aliphatic carbocycles. The standard InChI is InChI=1S/C42H52FN7O7/c1-42(2,3)56-41(52)46-30-18-21-49(22-19-30)40-47-38(29-14-16-32(44-4)31(43)26-29)37(39-45-20-23-50(39)40)28-15-17-33(53-5)34(27-28)54-24-10-7-6-8-12-35(51)48-57-36-13-9-11-25-55-36/h14-17,20,23,26-27,30,36H,6-13,18-19,21-22,24-25H2,1-3,5H3,(H,46,52)(H,48,51). The first kappa shape index (κ1) is 41.2. The number of hydrogen-bond donors (Lipinski definition) is 2. The quantitative estimate of drug-likeness (QED) is 0.0689. The van der Waals surface area contributed by atoms with Crippen molar-refractivity contribution in [2.24, 2.45) is 0 Å². The SMILES string of the molecule is [C-]#[N+]c1ccc(-c2nc(N3CCC(NC(=O)OC(C)(C)C)CC3)n3ccnc3c2-c2ccc(OC)c(OCCCCCCC(=O)NOC3CCCCO3)c2)cc1F. The third kappa shape index (κ3) is 10.9. The molecule has 4 heterocycles. The van der Waals surface area contributed by atoms with E-state index < -0.39 is 17.5 Å². The number of carbonyl (C=O) groups is 2. The first-order valence-corrected chi connectivity index (χ1v) is 19.7. The van der Waals surface area contributed by atoms with Crippen molar-refractivity contribution >= 4 is 29.3 Å². The highest BCUT2D eigenvalue weighted by molar-refractivity contribution is 5.92. The van der Waals surface area contributed by atoms with Crippen LogP contribution in [-0.2, 0) is 19.1 Å². The van der Waals surface area contributed by atoms with Crippen molar-refractivity contribution in [1.82, 2.24) is 25.2 Å². The second-order valence-electron chi connectivity index (χ2n) is 15.3. The van der Waals surface area contributed by atoms with E-state index in [1.807, 2.05) is 49.6 Å². The number of aromatic nitrogens is 3. The summed E-state index contributed by atoms with van der Waals surface area (Å²) in [4.78, 5) is 45.4. The Morgan fingerprint density at radius 1 is 1.02 bits per heavy atom. The van der Waals surface area contributed by atoms with Gasteiger partial charge < -0.3 is 29.2 Å². The molecule has 2 fully saturated rings. The Balaban J connectivity index is 1.17. The summed E-state index contributed by atoms with van der Waals surface area (Å²) < 4.78 is 40.0. The van der Waals surface area contributed by atoms with Gasteiger partial charge in [0.2, 0.25) is 17.5 Å². The van der Waals surface area contributed by atoms with Crippen LogP contribution >= 0.6 is 0 Å². The van der Waals surface area contributed by atoms with E-state index in [4.69, 9.17) is 40.3 Å². The summed E-state index contributed by atoms with van der Waals surface area (Å²) in [6, 6.07) is 10.0. The second kappa shape index (κ2) is 19.1. The van der Waals surface area contributed by atoms with E-state index >= 15 is 4.39 Å². The lowest BCUT2D eigenvalue weighted by Crippen LogP contribution is -2.46. The van der Waals surface area contributed by atoms with Crippen molar-refractivity contribution < 1.29 is 37.8 Å². The smallest absolute Gasteiger partial charge is 0.407 e. The summed E-state index contributed by atoms with van der Waals surface area (Å²) in [5, 5.41) is 2.99. The number of amides is 2. The maximum Gasteiger partial charge on any atom is 0.407 e. The van der Waals surface area contributed by atoms with Crippen LogP contribution < -0.4 is 25.2 Å². The predicted molar refractivity (Wildman–Crippen MR) is 213 cm³/mol. The molecule has 0 radical (unpaired) electrons. The van der Waals surface area contributed by atoms with Crippen LogP contribution in [0.1, 0.15) is 85.0 Å². The Hall–Kier alpha value is -5.46. The van der Waals surface area contributed by atoms with E-state index in [1.165, 1.54) is 12.1 Å². The summed E-state index contributed by atoms with van der Waals surface area (Å²) in [6.07, 6.45) is 10.5. The molecular weight excluding hydrogens is 734 g/mol. The van der Waals surface area contributed by atoms with Gasteiger partial charge in [0.1, 0.15) is 17.1 Å². The normalized spacial score (nSPS) is 16.2. The minimum absolute atomic E-state index is 0.0608. The molecule has 0 spiro atoms. The number of benzene rings is 2. The number of hydroxylamine groups is 1. The highest BCUT2D eigenvalue weighted by Crippen LogP contribution is 2.41. The summed E-state index contributed by atoms with van der Waals surface area (Å²) in [6.45, 7) is 15.2. The van der Waals surface area contributed by atoms with Crippen LogP contribution in [0.3, 0.4) is 0 Å². The van der Waals surface area contributed by atoms with Crippen molar-refractivity contribution in [3.05, 3.63) is 66.0 Å². The molecule has 2 amide bonds. The number of unbranched alkanes of at least 4 members (excludes halogenated alkanes) is 3. The zero-order valence-electron chi connectivity index (χ0n) is 33.1. The zero-order chi connectivity index (χ0) is 40.4. The molecule has 2 saturated heterocycles. The molecule has 4 aromatic rings. The largest absolute Gasteiger partial charge is 0.493 e. The number of imidazole rings is 1. The number of rotatable bonds is 15. The van der Waals surface area contributed by atoms with E-state index in [2.05, 4.69) is 20.5 Å². The minimum Gasteiger partial charge on any atom is -0.493 e. The number of halogens is 1. The highest BCUT2D eigenvalue weighted by Gasteiger charge is 2.28. The van der Waals surface area contributed by atoms with Crippen molar-refractivity contribution in [3.8, 4) is 33.9 Å². The van der Waals surface area contributed by atoms with Crippen molar-refractivity contribution in [2.75, 3.05) is 38.3 Å². The van der Waals surface area contributed by atoms with Gasteiger partial charge in [-0.05, 0) is 83.1 Å². The Kier molecular flexibility index (Phi) is 13.8. The number of nitrogens with zero attached hydrogens (tertiary/aromatic N) is 5. The van der Waals surface area contributed by atoms with Crippen molar-refractivity contribution in [2.45, 2.75) is 103 Å². The molecule has 57 heavy (non-hydrogen) atoms. The van der Waals surface area contributed by atoms with Gasteiger partial charge in [-0.15, -0.1) is 0 Å². The molecule has 0 bridgehead atoms. The zero-order valence-corrected chi connectivity index (χ0v) is 33.1. The molecule has 0 saturated carbocycles. The molecule has 304 valence electrons. The van der Waals surface area contributed by atoms with Crippen molar-refractivity contribution in [3.63, 3.8) is 0 Å². The number of piperidine rings is 1. The van der Waals surface area contributed by atoms with Gasteiger partial charge in [-0.3, -0.25) is 9.20 Å². The number of ether oxygens (including phenoxy) is 4. The van der Waals surface area contributed by atoms with E-state index in [0.29, 0.717) is 85.5 Å². The Morgan fingerprint density at radius 2 is 1.81 bits per heavy atom. The number of fused-ring (bicyclic) bond motifs is 1. The topological polar surface area (TPSA) is 142 Å². The van der Waals surface area contributed by atoms with Gasteiger partial charge in [0.15, 0.2) is 17.8 Å². The monoisotopic (exact) mass is 785 g/mol. The summed E-state index contributed by atoms with van der Waals surface area (Å²) in [5.41, 5.74) is 4.82. The number of carbonyl (C=O) groups excluding carboxylic acids is 2. The van der Waals surface area contributed by atoms with Gasteiger partial charge in [0.25, 0.3) is 0 Å². The molecule has 14 nitrogen and oxygen atoms in total. The van der Waals surface area contributed by atoms with Gasteiger partial charge >= 0.3 is 6.09 Å². The van der Waals surface area contributed by atoms with Crippen LogP contribution in [0.25, 0.3) is 32.9 Å². The van der Waals surface area contributed by atoms with E-state index in [1.54, 1.807) is 19.4 Å². The molecule has 2 aliphatic rings. The number of nitrogens with one attached hydrogen (secondary N) is 2. The van der Waals surface area contributed by atoms with Crippen LogP contribution in [0, 0.1) is 12.4 Å². The predicted octanol–water partition coefficient (Wildman–Crippen LogP) is 8.16. The second-order valence-corrected chi connectivity index (χ2v) is 15.3. The average molecular weight is 786 g/mol. The van der Waals surface area contributed by atoms with Gasteiger partial charge in [-0.2, -0.15) is 0 Å². The van der Waals surface area contributed by atoms with Crippen LogP contribution in [0.4, 0.5) is 20.8 Å². The summed E-state index contributed by atoms with van der Waals surface area (Å²) in [7, 11) is 1.58. The van der Waals surface area contributed by atoms with Crippen molar-refractivity contribution in [1.29, 1.82) is 0 Å². The molecule has 1 atom stereocenters. The number of hydrogen-bond acceptors (Lipinski definition) is 10. The first-order chi connectivity index (χ1) is 27.5. The Labute approximate surface area is 332 Å². The Bertz CT molecular complexity index is 2050. The maximum atomic E-state index is 15.2. The molecule has 2 aromatic carbocycles. The fourth-order valence-corrected chi connectivity index (χ4v) is 6.96. The first-order valence-electron chi connectivity index (χ1n) is 19.7. The van der Waals surface area contributed by atoms with Gasteiger partial charge in [0.05, 0.1) is 31.5 Å². The molecule has 6 rings (SSSR count). The number of methoxy groups -OCH3 is 1.